The fraction of sp³-hybridized carbons (Fsp3) is 0.107. The Hall–Kier alpha value is -4.43. The van der Waals surface area contributed by atoms with Crippen molar-refractivity contribution >= 4 is 23.1 Å². The summed E-state index contributed by atoms with van der Waals surface area (Å²) in [5, 5.41) is 10.3. The van der Waals surface area contributed by atoms with Crippen LogP contribution in [0.3, 0.4) is 0 Å². The number of fused-ring (bicyclic) bond motifs is 2. The minimum atomic E-state index is -0.515. The Morgan fingerprint density at radius 1 is 1.00 bits per heavy atom. The van der Waals surface area contributed by atoms with Crippen LogP contribution in [0.5, 0.6) is 17.2 Å². The Balaban J connectivity index is 1.34. The van der Waals surface area contributed by atoms with Crippen molar-refractivity contribution < 1.29 is 14.3 Å². The minimum absolute atomic E-state index is 0.163. The van der Waals surface area contributed by atoms with Gasteiger partial charge in [0.15, 0.2) is 0 Å². The fourth-order valence-electron chi connectivity index (χ4n) is 4.40. The second-order valence-corrected chi connectivity index (χ2v) is 9.27. The van der Waals surface area contributed by atoms with Crippen LogP contribution >= 0.6 is 11.3 Å². The first kappa shape index (κ1) is 22.1. The Bertz CT molecular complexity index is 1540. The van der Waals surface area contributed by atoms with Gasteiger partial charge in [-0.3, -0.25) is 4.79 Å². The smallest absolute Gasteiger partial charge is 0.237 e. The third-order valence-corrected chi connectivity index (χ3v) is 6.88. The molecule has 0 saturated carbocycles. The van der Waals surface area contributed by atoms with E-state index in [1.165, 1.54) is 11.3 Å². The highest BCUT2D eigenvalue weighted by Gasteiger charge is 2.33. The van der Waals surface area contributed by atoms with E-state index in [9.17, 15) is 4.79 Å². The van der Waals surface area contributed by atoms with Gasteiger partial charge in [-0.2, -0.15) is 9.78 Å². The molecule has 178 valence electrons. The number of carbonyl (C=O) groups is 1. The molecule has 0 aliphatic carbocycles. The molecule has 1 amide bonds. The van der Waals surface area contributed by atoms with Crippen LogP contribution in [0.4, 0.5) is 5.82 Å². The van der Waals surface area contributed by atoms with Crippen molar-refractivity contribution in [3.05, 3.63) is 101 Å². The van der Waals surface area contributed by atoms with Crippen molar-refractivity contribution in [2.45, 2.75) is 12.8 Å². The molecule has 0 bridgehead atoms. The molecule has 1 aliphatic rings. The van der Waals surface area contributed by atoms with Crippen molar-refractivity contribution in [2.24, 2.45) is 0 Å². The highest BCUT2D eigenvalue weighted by atomic mass is 32.1. The molecule has 5 aromatic rings. The number of nitrogens with zero attached hydrogens (tertiary/aromatic N) is 3. The maximum absolute atomic E-state index is 13.7. The van der Waals surface area contributed by atoms with Gasteiger partial charge in [-0.25, -0.2) is 4.98 Å². The lowest BCUT2D eigenvalue weighted by Gasteiger charge is -2.27. The van der Waals surface area contributed by atoms with Crippen LogP contribution in [0.15, 0.2) is 84.2 Å². The number of benzene rings is 3. The number of ether oxygens (including phenoxy) is 2. The molecule has 36 heavy (non-hydrogen) atoms. The lowest BCUT2D eigenvalue weighted by molar-refractivity contribution is -0.116. The van der Waals surface area contributed by atoms with Crippen molar-refractivity contribution in [1.29, 1.82) is 0 Å². The number of amides is 1. The average Bonchev–Trinajstić information content (AvgIpc) is 3.53. The minimum Gasteiger partial charge on any atom is -0.497 e. The summed E-state index contributed by atoms with van der Waals surface area (Å²) in [5.41, 5.74) is 4.18. The van der Waals surface area contributed by atoms with E-state index in [4.69, 9.17) is 14.5 Å². The Labute approximate surface area is 212 Å². The molecule has 0 radical (unpaired) electrons. The van der Waals surface area contributed by atoms with Gasteiger partial charge in [0, 0.05) is 28.1 Å². The lowest BCUT2D eigenvalue weighted by Crippen LogP contribution is -2.26. The molecule has 1 N–H and O–H groups in total. The van der Waals surface area contributed by atoms with Crippen molar-refractivity contribution in [3.8, 4) is 33.6 Å². The third-order valence-electron chi connectivity index (χ3n) is 6.06. The van der Waals surface area contributed by atoms with Crippen LogP contribution in [0.25, 0.3) is 16.4 Å². The molecule has 8 heteroatoms. The van der Waals surface area contributed by atoms with Crippen molar-refractivity contribution in [2.75, 3.05) is 12.4 Å². The normalized spacial score (nSPS) is 12.4. The zero-order valence-corrected chi connectivity index (χ0v) is 20.5. The molecule has 0 spiro atoms. The number of anilines is 1. The molecule has 1 aliphatic heterocycles. The van der Waals surface area contributed by atoms with Gasteiger partial charge in [0.1, 0.15) is 23.1 Å². The molecule has 3 aromatic carbocycles. The summed E-state index contributed by atoms with van der Waals surface area (Å²) in [5.74, 6) is 2.02. The summed E-state index contributed by atoms with van der Waals surface area (Å²) in [6.07, 6.45) is 0. The standard InChI is InChI=1S/C28H22N4O3S/c1-17-14-25(32(31-17)28-29-22(16-36-28)18-8-7-9-19(15-18)34-2)30-27(33)26-20-10-3-5-12-23(20)35-24-13-6-4-11-21(24)26/h3-16,26H,1-2H3,(H,30,33). The van der Waals surface area contributed by atoms with Gasteiger partial charge in [0.25, 0.3) is 0 Å². The van der Waals surface area contributed by atoms with E-state index in [0.717, 1.165) is 33.8 Å². The van der Waals surface area contributed by atoms with E-state index in [-0.39, 0.29) is 5.91 Å². The second kappa shape index (κ2) is 8.98. The van der Waals surface area contributed by atoms with Crippen LogP contribution in [0.1, 0.15) is 22.7 Å². The molecule has 6 rings (SSSR count). The van der Waals surface area contributed by atoms with Gasteiger partial charge in [0.05, 0.1) is 24.4 Å². The first-order valence-corrected chi connectivity index (χ1v) is 12.3. The van der Waals surface area contributed by atoms with Crippen LogP contribution in [-0.2, 0) is 4.79 Å². The summed E-state index contributed by atoms with van der Waals surface area (Å²) in [7, 11) is 1.64. The molecule has 0 fully saturated rings. The maximum Gasteiger partial charge on any atom is 0.237 e. The number of hydrogen-bond donors (Lipinski definition) is 1. The molecule has 7 nitrogen and oxygen atoms in total. The Kier molecular flexibility index (Phi) is 5.50. The summed E-state index contributed by atoms with van der Waals surface area (Å²) in [6, 6.07) is 24.9. The molecule has 0 atom stereocenters. The largest absolute Gasteiger partial charge is 0.497 e. The number of aromatic nitrogens is 3. The number of thiazole rings is 1. The van der Waals surface area contributed by atoms with E-state index >= 15 is 0 Å². The highest BCUT2D eigenvalue weighted by molar-refractivity contribution is 7.12. The van der Waals surface area contributed by atoms with E-state index in [0.29, 0.717) is 22.4 Å². The van der Waals surface area contributed by atoms with Gasteiger partial charge in [-0.05, 0) is 31.2 Å². The van der Waals surface area contributed by atoms with Crippen LogP contribution < -0.4 is 14.8 Å². The predicted octanol–water partition coefficient (Wildman–Crippen LogP) is 6.19. The number of carbonyl (C=O) groups excluding carboxylic acids is 1. The number of nitrogens with one attached hydrogen (secondary N) is 1. The number of aryl methyl sites for hydroxylation is 1. The molecular weight excluding hydrogens is 472 g/mol. The zero-order chi connectivity index (χ0) is 24.6. The van der Waals surface area contributed by atoms with Gasteiger partial charge in [0.2, 0.25) is 11.0 Å². The maximum atomic E-state index is 13.7. The molecule has 0 unspecified atom stereocenters. The Morgan fingerprint density at radius 2 is 1.72 bits per heavy atom. The molecule has 2 aromatic heterocycles. The van der Waals surface area contributed by atoms with Gasteiger partial charge in [-0.1, -0.05) is 48.5 Å². The first-order valence-electron chi connectivity index (χ1n) is 11.4. The molecule has 0 saturated heterocycles. The number of hydrogen-bond acceptors (Lipinski definition) is 6. The second-order valence-electron chi connectivity index (χ2n) is 8.43. The summed E-state index contributed by atoms with van der Waals surface area (Å²) in [6.45, 7) is 1.89. The summed E-state index contributed by atoms with van der Waals surface area (Å²) in [4.78, 5) is 18.5. The predicted molar refractivity (Wildman–Crippen MR) is 139 cm³/mol. The van der Waals surface area contributed by atoms with Crippen LogP contribution in [0, 0.1) is 6.92 Å². The zero-order valence-electron chi connectivity index (χ0n) is 19.6. The SMILES string of the molecule is COc1cccc(-c2csc(-n3nc(C)cc3NC(=O)C3c4ccccc4Oc4ccccc43)n2)c1. The quantitative estimate of drug-likeness (QED) is 0.315. The van der Waals surface area contributed by atoms with E-state index < -0.39 is 5.92 Å². The monoisotopic (exact) mass is 494 g/mol. The van der Waals surface area contributed by atoms with Gasteiger partial charge >= 0.3 is 0 Å². The van der Waals surface area contributed by atoms with Crippen LogP contribution in [0.2, 0.25) is 0 Å². The fourth-order valence-corrected chi connectivity index (χ4v) is 5.20. The van der Waals surface area contributed by atoms with E-state index in [2.05, 4.69) is 10.4 Å². The third kappa shape index (κ3) is 3.91. The van der Waals surface area contributed by atoms with E-state index in [1.54, 1.807) is 11.8 Å². The number of rotatable bonds is 5. The number of methoxy groups -OCH3 is 1. The summed E-state index contributed by atoms with van der Waals surface area (Å²) < 4.78 is 13.1. The number of para-hydroxylation sites is 2. The van der Waals surface area contributed by atoms with Crippen molar-refractivity contribution in [1.82, 2.24) is 14.8 Å². The van der Waals surface area contributed by atoms with Gasteiger partial charge in [-0.15, -0.1) is 11.3 Å². The molecule has 3 heterocycles. The molecular formula is C28H22N4O3S. The van der Waals surface area contributed by atoms with Gasteiger partial charge < -0.3 is 14.8 Å². The Morgan fingerprint density at radius 3 is 2.44 bits per heavy atom. The lowest BCUT2D eigenvalue weighted by atomic mass is 9.87. The highest BCUT2D eigenvalue weighted by Crippen LogP contribution is 2.44. The average molecular weight is 495 g/mol. The van der Waals surface area contributed by atoms with Crippen LogP contribution in [-0.4, -0.2) is 27.8 Å². The van der Waals surface area contributed by atoms with E-state index in [1.807, 2.05) is 91.2 Å². The topological polar surface area (TPSA) is 78.3 Å². The van der Waals surface area contributed by atoms with Crippen molar-refractivity contribution in [3.63, 3.8) is 0 Å². The first-order chi connectivity index (χ1) is 17.6. The summed E-state index contributed by atoms with van der Waals surface area (Å²) >= 11 is 1.46.